The van der Waals surface area contributed by atoms with Crippen LogP contribution in [0, 0.1) is 0 Å². The Kier molecular flexibility index (Phi) is 9.59. The molecule has 136 valence electrons. The highest BCUT2D eigenvalue weighted by Gasteiger charge is 2.22. The molecule has 0 aromatic heterocycles. The van der Waals surface area contributed by atoms with E-state index in [1.165, 1.54) is 0 Å². The van der Waals surface area contributed by atoms with Gasteiger partial charge >= 0.3 is 12.1 Å². The van der Waals surface area contributed by atoms with Crippen LogP contribution in [-0.2, 0) is 0 Å². The molecule has 0 saturated heterocycles. The fourth-order valence-corrected chi connectivity index (χ4v) is 2.61. The van der Waals surface area contributed by atoms with Gasteiger partial charge in [0.15, 0.2) is 0 Å². The van der Waals surface area contributed by atoms with E-state index in [4.69, 9.17) is 11.5 Å². The molecule has 0 heterocycles. The molecule has 6 N–H and O–H groups in total. The SMILES string of the molecule is C[N+](C)(C)CCC[N+](C)(CCCNC(N)=O)CCCNC(N)=O. The van der Waals surface area contributed by atoms with Crippen molar-refractivity contribution in [2.24, 2.45) is 11.5 Å². The van der Waals surface area contributed by atoms with Crippen molar-refractivity contribution >= 4 is 12.1 Å². The Balaban J connectivity index is 4.31. The van der Waals surface area contributed by atoms with E-state index in [9.17, 15) is 9.59 Å². The molecule has 0 rings (SSSR count). The predicted molar refractivity (Wildman–Crippen MR) is 92.7 cm³/mol. The summed E-state index contributed by atoms with van der Waals surface area (Å²) in [6, 6.07) is -0.954. The molecule has 0 spiro atoms. The Morgan fingerprint density at radius 2 is 1.13 bits per heavy atom. The predicted octanol–water partition coefficient (Wildman–Crippen LogP) is -0.354. The lowest BCUT2D eigenvalue weighted by atomic mass is 10.2. The molecule has 0 aliphatic rings. The summed E-state index contributed by atoms with van der Waals surface area (Å²) >= 11 is 0. The maximum Gasteiger partial charge on any atom is 0.312 e. The minimum atomic E-state index is -0.477. The van der Waals surface area contributed by atoms with Crippen molar-refractivity contribution in [1.29, 1.82) is 0 Å². The minimum Gasteiger partial charge on any atom is -0.352 e. The first-order chi connectivity index (χ1) is 10.5. The van der Waals surface area contributed by atoms with E-state index in [1.807, 2.05) is 0 Å². The second-order valence-corrected chi connectivity index (χ2v) is 7.45. The molecule has 0 atom stereocenters. The molecule has 0 aromatic rings. The zero-order chi connectivity index (χ0) is 17.9. The Hall–Kier alpha value is -1.54. The van der Waals surface area contributed by atoms with Gasteiger partial charge in [0.2, 0.25) is 0 Å². The van der Waals surface area contributed by atoms with Gasteiger partial charge in [0.25, 0.3) is 0 Å². The smallest absolute Gasteiger partial charge is 0.312 e. The first kappa shape index (κ1) is 21.5. The number of primary amides is 2. The zero-order valence-electron chi connectivity index (χ0n) is 15.2. The van der Waals surface area contributed by atoms with E-state index in [0.717, 1.165) is 54.4 Å². The van der Waals surface area contributed by atoms with Crippen LogP contribution in [0.25, 0.3) is 0 Å². The van der Waals surface area contributed by atoms with Gasteiger partial charge in [-0.3, -0.25) is 0 Å². The van der Waals surface area contributed by atoms with Crippen LogP contribution >= 0.6 is 0 Å². The number of quaternary nitrogens is 2. The summed E-state index contributed by atoms with van der Waals surface area (Å²) in [5.41, 5.74) is 10.2. The molecule has 0 radical (unpaired) electrons. The second-order valence-electron chi connectivity index (χ2n) is 7.45. The maximum atomic E-state index is 10.7. The van der Waals surface area contributed by atoms with Gasteiger partial charge in [-0.1, -0.05) is 0 Å². The van der Waals surface area contributed by atoms with Gasteiger partial charge in [0.1, 0.15) is 0 Å². The molecule has 0 aromatic carbocycles. The summed E-state index contributed by atoms with van der Waals surface area (Å²) in [5, 5.41) is 5.27. The van der Waals surface area contributed by atoms with E-state index >= 15 is 0 Å². The summed E-state index contributed by atoms with van der Waals surface area (Å²) in [5.74, 6) is 0. The van der Waals surface area contributed by atoms with Gasteiger partial charge in [-0.25, -0.2) is 9.59 Å². The van der Waals surface area contributed by atoms with Crippen molar-refractivity contribution in [3.05, 3.63) is 0 Å². The lowest BCUT2D eigenvalue weighted by Crippen LogP contribution is -2.49. The average Bonchev–Trinajstić information content (AvgIpc) is 2.38. The number of carbonyl (C=O) groups is 2. The molecule has 0 fully saturated rings. The topological polar surface area (TPSA) is 110 Å². The molecule has 0 saturated carbocycles. The largest absolute Gasteiger partial charge is 0.352 e. The molecule has 0 aliphatic heterocycles. The van der Waals surface area contributed by atoms with Gasteiger partial charge in [-0.15, -0.1) is 0 Å². The number of urea groups is 2. The fraction of sp³-hybridized carbons (Fsp3) is 0.867. The standard InChI is InChI=1S/C15H34N6O2/c1-20(2,3)10-7-13-21(4,11-5-8-18-14(16)22)12-6-9-19-15(17)23/h5-13H2,1-4H3,(H4-2,16,17,18,19,22,23)/p+2. The molecule has 8 heteroatoms. The molecule has 0 bridgehead atoms. The number of rotatable bonds is 12. The highest BCUT2D eigenvalue weighted by Crippen LogP contribution is 2.09. The maximum absolute atomic E-state index is 10.7. The Bertz CT molecular complexity index is 345. The molecular weight excluding hydrogens is 296 g/mol. The van der Waals surface area contributed by atoms with E-state index in [0.29, 0.717) is 13.1 Å². The normalized spacial score (nSPS) is 12.0. The highest BCUT2D eigenvalue weighted by molar-refractivity contribution is 5.71. The molecular formula is C15H36N6O2+2. The second kappa shape index (κ2) is 10.3. The molecule has 0 aliphatic carbocycles. The average molecular weight is 332 g/mol. The van der Waals surface area contributed by atoms with Crippen molar-refractivity contribution in [3.8, 4) is 0 Å². The van der Waals surface area contributed by atoms with Crippen LogP contribution in [0.4, 0.5) is 9.59 Å². The number of amides is 4. The summed E-state index contributed by atoms with van der Waals surface area (Å²) in [6.45, 7) is 5.31. The van der Waals surface area contributed by atoms with Crippen LogP contribution in [0.1, 0.15) is 19.3 Å². The Labute approximate surface area is 140 Å². The summed E-state index contributed by atoms with van der Waals surface area (Å²) in [7, 11) is 8.80. The number of carbonyl (C=O) groups excluding carboxylic acids is 2. The molecule has 4 amide bonds. The molecule has 8 nitrogen and oxygen atoms in total. The highest BCUT2D eigenvalue weighted by atomic mass is 16.2. The van der Waals surface area contributed by atoms with E-state index in [2.05, 4.69) is 38.8 Å². The van der Waals surface area contributed by atoms with E-state index in [-0.39, 0.29) is 0 Å². The van der Waals surface area contributed by atoms with Crippen molar-refractivity contribution < 1.29 is 18.6 Å². The first-order valence-electron chi connectivity index (χ1n) is 8.25. The van der Waals surface area contributed by atoms with Crippen LogP contribution in [-0.4, -0.2) is 88.5 Å². The van der Waals surface area contributed by atoms with Crippen LogP contribution in [0.3, 0.4) is 0 Å². The zero-order valence-corrected chi connectivity index (χ0v) is 15.2. The van der Waals surface area contributed by atoms with E-state index < -0.39 is 12.1 Å². The number of nitrogens with two attached hydrogens (primary N) is 2. The van der Waals surface area contributed by atoms with Gasteiger partial charge in [0, 0.05) is 32.4 Å². The minimum absolute atomic E-state index is 0.477. The van der Waals surface area contributed by atoms with E-state index in [1.54, 1.807) is 0 Å². The number of nitrogens with zero attached hydrogens (tertiary/aromatic N) is 2. The van der Waals surface area contributed by atoms with Crippen molar-refractivity contribution in [3.63, 3.8) is 0 Å². The quantitative estimate of drug-likeness (QED) is 0.289. The number of nitrogens with one attached hydrogen (secondary N) is 2. The summed E-state index contributed by atoms with van der Waals surface area (Å²) in [6.07, 6.45) is 2.90. The monoisotopic (exact) mass is 332 g/mol. The Morgan fingerprint density at radius 3 is 1.48 bits per heavy atom. The summed E-state index contributed by atoms with van der Waals surface area (Å²) < 4.78 is 1.87. The number of hydrogen-bond donors (Lipinski definition) is 4. The van der Waals surface area contributed by atoms with Crippen LogP contribution < -0.4 is 22.1 Å². The Morgan fingerprint density at radius 1 is 0.739 bits per heavy atom. The summed E-state index contributed by atoms with van der Waals surface area (Å²) in [4.78, 5) is 21.5. The lowest BCUT2D eigenvalue weighted by Gasteiger charge is -2.36. The van der Waals surface area contributed by atoms with Gasteiger partial charge < -0.3 is 31.1 Å². The third kappa shape index (κ3) is 13.8. The van der Waals surface area contributed by atoms with Gasteiger partial charge in [0.05, 0.1) is 54.4 Å². The van der Waals surface area contributed by atoms with Crippen molar-refractivity contribution in [2.45, 2.75) is 19.3 Å². The van der Waals surface area contributed by atoms with Crippen molar-refractivity contribution in [2.75, 3.05) is 67.5 Å². The fourth-order valence-electron chi connectivity index (χ4n) is 2.61. The first-order valence-corrected chi connectivity index (χ1v) is 8.25. The molecule has 23 heavy (non-hydrogen) atoms. The van der Waals surface area contributed by atoms with Crippen LogP contribution in [0.15, 0.2) is 0 Å². The lowest BCUT2D eigenvalue weighted by molar-refractivity contribution is -0.917. The van der Waals surface area contributed by atoms with Crippen LogP contribution in [0.5, 0.6) is 0 Å². The third-order valence-electron chi connectivity index (χ3n) is 3.87. The van der Waals surface area contributed by atoms with Gasteiger partial charge in [-0.05, 0) is 0 Å². The number of hydrogen-bond acceptors (Lipinski definition) is 2. The molecule has 0 unspecified atom stereocenters. The van der Waals surface area contributed by atoms with Crippen LogP contribution in [0.2, 0.25) is 0 Å². The van der Waals surface area contributed by atoms with Crippen molar-refractivity contribution in [1.82, 2.24) is 10.6 Å². The van der Waals surface area contributed by atoms with Gasteiger partial charge in [-0.2, -0.15) is 0 Å². The third-order valence-corrected chi connectivity index (χ3v) is 3.87.